The third-order valence-corrected chi connectivity index (χ3v) is 4.03. The molecule has 0 fully saturated rings. The van der Waals surface area contributed by atoms with E-state index in [9.17, 15) is 0 Å². The summed E-state index contributed by atoms with van der Waals surface area (Å²) < 4.78 is 0. The zero-order chi connectivity index (χ0) is 15.0. The standard InChI is InChI=1S/C19H33N/c1-6-16(4)10-19(14-20-13-15(2)3)12-18-9-7-8-17(5)11-18/h7-9,11,15-16,19-20H,6,10,12-14H2,1-5H3. The van der Waals surface area contributed by atoms with Gasteiger partial charge < -0.3 is 5.32 Å². The van der Waals surface area contributed by atoms with E-state index < -0.39 is 0 Å². The van der Waals surface area contributed by atoms with E-state index in [2.05, 4.69) is 64.2 Å². The van der Waals surface area contributed by atoms with Gasteiger partial charge in [0.1, 0.15) is 0 Å². The van der Waals surface area contributed by atoms with Crippen LogP contribution in [-0.4, -0.2) is 13.1 Å². The van der Waals surface area contributed by atoms with E-state index in [1.807, 2.05) is 0 Å². The second kappa shape index (κ2) is 9.18. The largest absolute Gasteiger partial charge is 0.316 e. The van der Waals surface area contributed by atoms with Crippen molar-refractivity contribution in [2.24, 2.45) is 17.8 Å². The Balaban J connectivity index is 2.56. The smallest absolute Gasteiger partial charge is 0.00171 e. The molecule has 2 unspecified atom stereocenters. The Hall–Kier alpha value is -0.820. The van der Waals surface area contributed by atoms with Crippen molar-refractivity contribution in [3.8, 4) is 0 Å². The number of nitrogens with one attached hydrogen (secondary N) is 1. The molecule has 0 spiro atoms. The molecule has 0 saturated carbocycles. The Morgan fingerprint density at radius 2 is 1.85 bits per heavy atom. The van der Waals surface area contributed by atoms with Gasteiger partial charge in [0.25, 0.3) is 0 Å². The average Bonchev–Trinajstić information content (AvgIpc) is 2.38. The Labute approximate surface area is 126 Å². The van der Waals surface area contributed by atoms with Crippen molar-refractivity contribution in [1.82, 2.24) is 5.32 Å². The molecule has 0 bridgehead atoms. The molecule has 0 saturated heterocycles. The predicted octanol–water partition coefficient (Wildman–Crippen LogP) is 4.84. The van der Waals surface area contributed by atoms with Gasteiger partial charge in [-0.3, -0.25) is 0 Å². The van der Waals surface area contributed by atoms with Crippen LogP contribution in [0.4, 0.5) is 0 Å². The van der Waals surface area contributed by atoms with Gasteiger partial charge >= 0.3 is 0 Å². The third kappa shape index (κ3) is 7.09. The zero-order valence-corrected chi connectivity index (χ0v) is 14.1. The second-order valence-corrected chi connectivity index (χ2v) is 6.86. The molecular weight excluding hydrogens is 242 g/mol. The first-order valence-corrected chi connectivity index (χ1v) is 8.27. The normalized spacial score (nSPS) is 14.5. The summed E-state index contributed by atoms with van der Waals surface area (Å²) in [6.45, 7) is 13.7. The van der Waals surface area contributed by atoms with Crippen LogP contribution in [0.2, 0.25) is 0 Å². The van der Waals surface area contributed by atoms with Gasteiger partial charge in [-0.05, 0) is 56.2 Å². The minimum Gasteiger partial charge on any atom is -0.316 e. The van der Waals surface area contributed by atoms with Crippen molar-refractivity contribution in [3.05, 3.63) is 35.4 Å². The first kappa shape index (κ1) is 17.2. The molecule has 114 valence electrons. The molecule has 20 heavy (non-hydrogen) atoms. The van der Waals surface area contributed by atoms with Gasteiger partial charge in [-0.15, -0.1) is 0 Å². The van der Waals surface area contributed by atoms with Crippen LogP contribution < -0.4 is 5.32 Å². The summed E-state index contributed by atoms with van der Waals surface area (Å²) in [6, 6.07) is 8.99. The molecule has 0 aliphatic rings. The van der Waals surface area contributed by atoms with E-state index in [1.165, 1.54) is 30.4 Å². The highest BCUT2D eigenvalue weighted by atomic mass is 14.9. The fourth-order valence-electron chi connectivity index (χ4n) is 2.72. The van der Waals surface area contributed by atoms with E-state index in [-0.39, 0.29) is 0 Å². The van der Waals surface area contributed by atoms with Crippen LogP contribution in [0.5, 0.6) is 0 Å². The maximum absolute atomic E-state index is 3.65. The Morgan fingerprint density at radius 3 is 2.45 bits per heavy atom. The molecule has 1 rings (SSSR count). The Bertz CT molecular complexity index is 370. The van der Waals surface area contributed by atoms with Crippen molar-refractivity contribution in [2.45, 2.75) is 53.9 Å². The molecule has 0 heterocycles. The lowest BCUT2D eigenvalue weighted by Crippen LogP contribution is -2.28. The highest BCUT2D eigenvalue weighted by Crippen LogP contribution is 2.19. The minimum atomic E-state index is 0.734. The summed E-state index contributed by atoms with van der Waals surface area (Å²) >= 11 is 0. The molecule has 1 heteroatoms. The molecule has 1 aromatic carbocycles. The number of benzene rings is 1. The summed E-state index contributed by atoms with van der Waals surface area (Å²) in [6.07, 6.45) is 3.82. The van der Waals surface area contributed by atoms with Gasteiger partial charge in [0.05, 0.1) is 0 Å². The first-order chi connectivity index (χ1) is 9.51. The molecule has 1 nitrogen and oxygen atoms in total. The molecule has 2 atom stereocenters. The maximum atomic E-state index is 3.65. The summed E-state index contributed by atoms with van der Waals surface area (Å²) in [5.41, 5.74) is 2.87. The summed E-state index contributed by atoms with van der Waals surface area (Å²) in [5, 5.41) is 3.65. The SMILES string of the molecule is CCC(C)CC(CNCC(C)C)Cc1cccc(C)c1. The van der Waals surface area contributed by atoms with Crippen LogP contribution >= 0.6 is 0 Å². The van der Waals surface area contributed by atoms with Crippen molar-refractivity contribution in [3.63, 3.8) is 0 Å². The Kier molecular flexibility index (Phi) is 7.91. The van der Waals surface area contributed by atoms with Gasteiger partial charge in [0.15, 0.2) is 0 Å². The van der Waals surface area contributed by atoms with Crippen LogP contribution in [-0.2, 0) is 6.42 Å². The Morgan fingerprint density at radius 1 is 1.10 bits per heavy atom. The van der Waals surface area contributed by atoms with Crippen molar-refractivity contribution in [2.75, 3.05) is 13.1 Å². The van der Waals surface area contributed by atoms with Crippen LogP contribution in [0.1, 0.15) is 51.7 Å². The van der Waals surface area contributed by atoms with Gasteiger partial charge in [0, 0.05) is 0 Å². The lowest BCUT2D eigenvalue weighted by Gasteiger charge is -2.22. The highest BCUT2D eigenvalue weighted by molar-refractivity contribution is 5.22. The van der Waals surface area contributed by atoms with Crippen molar-refractivity contribution < 1.29 is 0 Å². The lowest BCUT2D eigenvalue weighted by molar-refractivity contribution is 0.356. The zero-order valence-electron chi connectivity index (χ0n) is 14.1. The second-order valence-electron chi connectivity index (χ2n) is 6.86. The van der Waals surface area contributed by atoms with E-state index in [0.717, 1.165) is 30.8 Å². The van der Waals surface area contributed by atoms with E-state index >= 15 is 0 Å². The summed E-state index contributed by atoms with van der Waals surface area (Å²) in [4.78, 5) is 0. The monoisotopic (exact) mass is 275 g/mol. The number of aryl methyl sites for hydroxylation is 1. The first-order valence-electron chi connectivity index (χ1n) is 8.27. The predicted molar refractivity (Wildman–Crippen MR) is 90.2 cm³/mol. The van der Waals surface area contributed by atoms with Gasteiger partial charge in [-0.1, -0.05) is 63.9 Å². The van der Waals surface area contributed by atoms with Crippen molar-refractivity contribution in [1.29, 1.82) is 0 Å². The molecule has 0 aliphatic heterocycles. The van der Waals surface area contributed by atoms with Gasteiger partial charge in [-0.25, -0.2) is 0 Å². The van der Waals surface area contributed by atoms with Crippen LogP contribution in [0.3, 0.4) is 0 Å². The maximum Gasteiger partial charge on any atom is -0.00171 e. The fraction of sp³-hybridized carbons (Fsp3) is 0.684. The van der Waals surface area contributed by atoms with Crippen LogP contribution in [0.15, 0.2) is 24.3 Å². The third-order valence-electron chi connectivity index (χ3n) is 4.03. The molecule has 0 amide bonds. The van der Waals surface area contributed by atoms with E-state index in [0.29, 0.717) is 0 Å². The molecule has 1 N–H and O–H groups in total. The quantitative estimate of drug-likeness (QED) is 0.680. The fourth-order valence-corrected chi connectivity index (χ4v) is 2.72. The van der Waals surface area contributed by atoms with Gasteiger partial charge in [-0.2, -0.15) is 0 Å². The van der Waals surface area contributed by atoms with E-state index in [1.54, 1.807) is 0 Å². The molecule has 0 aliphatic carbocycles. The average molecular weight is 275 g/mol. The molecule has 0 radical (unpaired) electrons. The molecule has 1 aromatic rings. The molecule has 0 aromatic heterocycles. The molecular formula is C19H33N. The van der Waals surface area contributed by atoms with Crippen LogP contribution in [0.25, 0.3) is 0 Å². The van der Waals surface area contributed by atoms with Crippen LogP contribution in [0, 0.1) is 24.7 Å². The summed E-state index contributed by atoms with van der Waals surface area (Å²) in [5.74, 6) is 2.31. The number of hydrogen-bond donors (Lipinski definition) is 1. The number of hydrogen-bond acceptors (Lipinski definition) is 1. The van der Waals surface area contributed by atoms with Gasteiger partial charge in [0.2, 0.25) is 0 Å². The minimum absolute atomic E-state index is 0.734. The van der Waals surface area contributed by atoms with Crippen molar-refractivity contribution >= 4 is 0 Å². The lowest BCUT2D eigenvalue weighted by atomic mass is 9.88. The van der Waals surface area contributed by atoms with E-state index in [4.69, 9.17) is 0 Å². The number of rotatable bonds is 9. The summed E-state index contributed by atoms with van der Waals surface area (Å²) in [7, 11) is 0. The highest BCUT2D eigenvalue weighted by Gasteiger charge is 2.13. The topological polar surface area (TPSA) is 12.0 Å².